The van der Waals surface area contributed by atoms with Crippen LogP contribution >= 0.6 is 23.2 Å². The number of nitrogens with zero attached hydrogens (tertiary/aromatic N) is 2. The number of nitrogens with one attached hydrogen (secondary N) is 1. The van der Waals surface area contributed by atoms with Gasteiger partial charge in [-0.25, -0.2) is 14.2 Å². The van der Waals surface area contributed by atoms with Crippen molar-refractivity contribution in [1.29, 1.82) is 0 Å². The van der Waals surface area contributed by atoms with Crippen LogP contribution in [0.25, 0.3) is 22.4 Å². The molecule has 0 saturated carbocycles. The van der Waals surface area contributed by atoms with Crippen LogP contribution in [0.3, 0.4) is 0 Å². The Kier molecular flexibility index (Phi) is 6.07. The predicted octanol–water partition coefficient (Wildman–Crippen LogP) is 5.44. The van der Waals surface area contributed by atoms with Gasteiger partial charge in [-0.2, -0.15) is 0 Å². The van der Waals surface area contributed by atoms with Crippen LogP contribution in [0.4, 0.5) is 10.1 Å². The van der Waals surface area contributed by atoms with E-state index in [2.05, 4.69) is 15.5 Å². The molecule has 0 spiro atoms. The standard InChI is InChI=1S/C22H14Cl2FN3O4/c1-11-20-15(9-17(27-21(20)32-28-11)12-2-5-14(25)6-3-12)22(30)31-10-19(29)26-18-8-13(23)4-7-16(18)24/h2-9H,10H2,1H3,(H,26,29). The molecule has 0 aliphatic carbocycles. The molecule has 7 nitrogen and oxygen atoms in total. The van der Waals surface area contributed by atoms with E-state index < -0.39 is 24.3 Å². The first-order valence-corrected chi connectivity index (χ1v) is 10.0. The average Bonchev–Trinajstić information content (AvgIpc) is 3.15. The Bertz CT molecular complexity index is 1340. The molecule has 10 heteroatoms. The molecule has 4 aromatic rings. The third kappa shape index (κ3) is 4.56. The zero-order chi connectivity index (χ0) is 22.8. The first-order valence-electron chi connectivity index (χ1n) is 9.27. The maximum atomic E-state index is 13.3. The molecule has 0 atom stereocenters. The van der Waals surface area contributed by atoms with Gasteiger partial charge in [-0.3, -0.25) is 4.79 Å². The molecule has 2 aromatic carbocycles. The number of halogens is 3. The summed E-state index contributed by atoms with van der Waals surface area (Å²) in [4.78, 5) is 29.4. The predicted molar refractivity (Wildman–Crippen MR) is 117 cm³/mol. The molecule has 162 valence electrons. The number of carbonyl (C=O) groups excluding carboxylic acids is 2. The van der Waals surface area contributed by atoms with Crippen LogP contribution in [0.5, 0.6) is 0 Å². The van der Waals surface area contributed by atoms with Gasteiger partial charge in [0.1, 0.15) is 5.82 Å². The zero-order valence-corrected chi connectivity index (χ0v) is 18.0. The first-order chi connectivity index (χ1) is 15.3. The van der Waals surface area contributed by atoms with Crippen LogP contribution in [0.2, 0.25) is 10.0 Å². The van der Waals surface area contributed by atoms with Gasteiger partial charge < -0.3 is 14.6 Å². The third-order valence-corrected chi connectivity index (χ3v) is 5.08. The fourth-order valence-electron chi connectivity index (χ4n) is 3.01. The Morgan fingerprint density at radius 3 is 2.62 bits per heavy atom. The van der Waals surface area contributed by atoms with E-state index in [4.69, 9.17) is 32.5 Å². The van der Waals surface area contributed by atoms with E-state index in [-0.39, 0.29) is 16.3 Å². The Morgan fingerprint density at radius 2 is 1.88 bits per heavy atom. The molecule has 0 unspecified atom stereocenters. The van der Waals surface area contributed by atoms with Gasteiger partial charge in [0.2, 0.25) is 0 Å². The summed E-state index contributed by atoms with van der Waals surface area (Å²) in [6, 6.07) is 11.7. The van der Waals surface area contributed by atoms with Crippen LogP contribution in [0.1, 0.15) is 16.1 Å². The summed E-state index contributed by atoms with van der Waals surface area (Å²) in [5.74, 6) is -1.79. The van der Waals surface area contributed by atoms with Crippen molar-refractivity contribution in [2.45, 2.75) is 6.92 Å². The number of aryl methyl sites for hydroxylation is 1. The molecule has 2 aromatic heterocycles. The number of benzene rings is 2. The molecule has 0 fully saturated rings. The lowest BCUT2D eigenvalue weighted by Crippen LogP contribution is -2.21. The van der Waals surface area contributed by atoms with Crippen molar-refractivity contribution in [3.8, 4) is 11.3 Å². The van der Waals surface area contributed by atoms with Crippen molar-refractivity contribution in [2.24, 2.45) is 0 Å². The number of pyridine rings is 1. The molecule has 2 heterocycles. The van der Waals surface area contributed by atoms with E-state index in [9.17, 15) is 14.0 Å². The lowest BCUT2D eigenvalue weighted by Gasteiger charge is -2.10. The highest BCUT2D eigenvalue weighted by Gasteiger charge is 2.21. The number of fused-ring (bicyclic) bond motifs is 1. The lowest BCUT2D eigenvalue weighted by molar-refractivity contribution is -0.119. The Labute approximate surface area is 191 Å². The molecular formula is C22H14Cl2FN3O4. The molecule has 0 saturated heterocycles. The maximum Gasteiger partial charge on any atom is 0.339 e. The quantitative estimate of drug-likeness (QED) is 0.387. The van der Waals surface area contributed by atoms with Gasteiger partial charge in [-0.05, 0) is 55.5 Å². The van der Waals surface area contributed by atoms with Crippen LogP contribution in [-0.4, -0.2) is 28.6 Å². The van der Waals surface area contributed by atoms with Gasteiger partial charge in [-0.1, -0.05) is 28.4 Å². The van der Waals surface area contributed by atoms with E-state index in [1.807, 2.05) is 0 Å². The van der Waals surface area contributed by atoms with Crippen LogP contribution in [0.15, 0.2) is 53.1 Å². The summed E-state index contributed by atoms with van der Waals surface area (Å²) < 4.78 is 23.7. The minimum atomic E-state index is -0.778. The second-order valence-electron chi connectivity index (χ2n) is 6.76. The molecule has 0 aliphatic rings. The minimum absolute atomic E-state index is 0.113. The normalized spacial score (nSPS) is 10.9. The lowest BCUT2D eigenvalue weighted by atomic mass is 10.1. The van der Waals surface area contributed by atoms with Gasteiger partial charge in [0.25, 0.3) is 11.6 Å². The summed E-state index contributed by atoms with van der Waals surface area (Å²) in [5, 5.41) is 7.41. The average molecular weight is 474 g/mol. The fourth-order valence-corrected chi connectivity index (χ4v) is 3.35. The van der Waals surface area contributed by atoms with E-state index in [0.29, 0.717) is 33.0 Å². The molecule has 1 amide bonds. The molecule has 4 rings (SSSR count). The third-order valence-electron chi connectivity index (χ3n) is 4.51. The number of rotatable bonds is 5. The second kappa shape index (κ2) is 8.94. The highest BCUT2D eigenvalue weighted by molar-refractivity contribution is 6.35. The number of hydrogen-bond donors (Lipinski definition) is 1. The summed E-state index contributed by atoms with van der Waals surface area (Å²) in [7, 11) is 0. The summed E-state index contributed by atoms with van der Waals surface area (Å²) in [6.07, 6.45) is 0. The molecular weight excluding hydrogens is 460 g/mol. The highest BCUT2D eigenvalue weighted by Crippen LogP contribution is 2.28. The number of ether oxygens (including phenoxy) is 1. The van der Waals surface area contributed by atoms with Crippen molar-refractivity contribution >= 4 is 51.9 Å². The zero-order valence-electron chi connectivity index (χ0n) is 16.5. The number of carbonyl (C=O) groups is 2. The monoisotopic (exact) mass is 473 g/mol. The van der Waals surface area contributed by atoms with Gasteiger partial charge in [0.15, 0.2) is 6.61 Å². The Balaban J connectivity index is 1.57. The molecule has 0 bridgehead atoms. The molecule has 32 heavy (non-hydrogen) atoms. The maximum absolute atomic E-state index is 13.3. The summed E-state index contributed by atoms with van der Waals surface area (Å²) in [5.41, 5.74) is 1.87. The number of hydrogen-bond acceptors (Lipinski definition) is 6. The number of aromatic nitrogens is 2. The van der Waals surface area contributed by atoms with Crippen molar-refractivity contribution in [2.75, 3.05) is 11.9 Å². The van der Waals surface area contributed by atoms with Crippen LogP contribution < -0.4 is 5.32 Å². The minimum Gasteiger partial charge on any atom is -0.452 e. The topological polar surface area (TPSA) is 94.3 Å². The molecule has 0 radical (unpaired) electrons. The van der Waals surface area contributed by atoms with Crippen molar-refractivity contribution in [1.82, 2.24) is 10.1 Å². The highest BCUT2D eigenvalue weighted by atomic mass is 35.5. The largest absolute Gasteiger partial charge is 0.452 e. The summed E-state index contributed by atoms with van der Waals surface area (Å²) in [6.45, 7) is 1.08. The number of esters is 1. The van der Waals surface area contributed by atoms with Gasteiger partial charge >= 0.3 is 5.97 Å². The van der Waals surface area contributed by atoms with Crippen molar-refractivity contribution < 1.29 is 23.2 Å². The van der Waals surface area contributed by atoms with Crippen LogP contribution in [0, 0.1) is 12.7 Å². The van der Waals surface area contributed by atoms with E-state index in [1.54, 1.807) is 13.0 Å². The Hall–Kier alpha value is -3.49. The van der Waals surface area contributed by atoms with E-state index in [1.165, 1.54) is 42.5 Å². The smallest absolute Gasteiger partial charge is 0.339 e. The fraction of sp³-hybridized carbons (Fsp3) is 0.0909. The Morgan fingerprint density at radius 1 is 1.12 bits per heavy atom. The first kappa shape index (κ1) is 21.7. The van der Waals surface area contributed by atoms with Crippen molar-refractivity contribution in [3.05, 3.63) is 75.7 Å². The number of amides is 1. The van der Waals surface area contributed by atoms with Gasteiger partial charge in [-0.15, -0.1) is 0 Å². The van der Waals surface area contributed by atoms with Gasteiger partial charge in [0, 0.05) is 10.6 Å². The van der Waals surface area contributed by atoms with Crippen LogP contribution in [-0.2, 0) is 9.53 Å². The second-order valence-corrected chi connectivity index (χ2v) is 7.60. The summed E-state index contributed by atoms with van der Waals surface area (Å²) >= 11 is 11.9. The van der Waals surface area contributed by atoms with E-state index >= 15 is 0 Å². The van der Waals surface area contributed by atoms with Crippen molar-refractivity contribution in [3.63, 3.8) is 0 Å². The van der Waals surface area contributed by atoms with E-state index in [0.717, 1.165) is 0 Å². The SMILES string of the molecule is Cc1noc2nc(-c3ccc(F)cc3)cc(C(=O)OCC(=O)Nc3cc(Cl)ccc3Cl)c12. The van der Waals surface area contributed by atoms with Gasteiger partial charge in [0.05, 0.1) is 33.0 Å². The molecule has 0 aliphatic heterocycles. The molecule has 1 N–H and O–H groups in total. The number of anilines is 1.